The highest BCUT2D eigenvalue weighted by atomic mass is 19.1. The maximum absolute atomic E-state index is 13.4. The van der Waals surface area contributed by atoms with E-state index in [2.05, 4.69) is 20.4 Å². The van der Waals surface area contributed by atoms with Gasteiger partial charge in [-0.25, -0.2) is 19.0 Å². The summed E-state index contributed by atoms with van der Waals surface area (Å²) >= 11 is 0. The van der Waals surface area contributed by atoms with Gasteiger partial charge in [-0.1, -0.05) is 24.3 Å². The van der Waals surface area contributed by atoms with Crippen LogP contribution in [0.5, 0.6) is 11.5 Å². The molecule has 0 aliphatic rings. The van der Waals surface area contributed by atoms with Gasteiger partial charge in [-0.2, -0.15) is 5.10 Å². The summed E-state index contributed by atoms with van der Waals surface area (Å²) in [6.45, 7) is -0.140. The maximum atomic E-state index is 13.4. The number of nitrogens with two attached hydrogens (primary N) is 1. The molecule has 0 spiro atoms. The van der Waals surface area contributed by atoms with Crippen LogP contribution in [0.3, 0.4) is 0 Å². The zero-order chi connectivity index (χ0) is 23.5. The van der Waals surface area contributed by atoms with Crippen molar-refractivity contribution >= 4 is 28.4 Å². The van der Waals surface area contributed by atoms with Crippen LogP contribution >= 0.6 is 0 Å². The fourth-order valence-corrected chi connectivity index (χ4v) is 3.55. The first-order chi connectivity index (χ1) is 16.6. The number of hydrogen-bond acceptors (Lipinski definition) is 6. The molecule has 0 bridgehead atoms. The van der Waals surface area contributed by atoms with Gasteiger partial charge in [0.1, 0.15) is 41.7 Å². The largest absolute Gasteiger partial charge is 0.457 e. The minimum atomic E-state index is -0.440. The summed E-state index contributed by atoms with van der Waals surface area (Å²) in [6, 6.07) is 22.5. The van der Waals surface area contributed by atoms with Crippen molar-refractivity contribution in [1.82, 2.24) is 19.7 Å². The summed E-state index contributed by atoms with van der Waals surface area (Å²) in [5.41, 5.74) is 8.21. The van der Waals surface area contributed by atoms with Gasteiger partial charge in [0.2, 0.25) is 5.91 Å². The predicted molar refractivity (Wildman–Crippen MR) is 127 cm³/mol. The van der Waals surface area contributed by atoms with Gasteiger partial charge in [0, 0.05) is 11.3 Å². The van der Waals surface area contributed by atoms with Crippen LogP contribution in [-0.2, 0) is 11.3 Å². The van der Waals surface area contributed by atoms with Gasteiger partial charge in [-0.05, 0) is 54.6 Å². The molecule has 0 saturated heterocycles. The van der Waals surface area contributed by atoms with Gasteiger partial charge in [-0.15, -0.1) is 0 Å². The van der Waals surface area contributed by atoms with Crippen LogP contribution in [0, 0.1) is 5.82 Å². The lowest BCUT2D eigenvalue weighted by Crippen LogP contribution is -2.19. The Hall–Kier alpha value is -4.79. The highest BCUT2D eigenvalue weighted by Gasteiger charge is 2.19. The van der Waals surface area contributed by atoms with Crippen LogP contribution in [0.2, 0.25) is 0 Å². The molecule has 0 unspecified atom stereocenters. The topological polar surface area (TPSA) is 108 Å². The van der Waals surface area contributed by atoms with Gasteiger partial charge < -0.3 is 15.8 Å². The summed E-state index contributed by atoms with van der Waals surface area (Å²) in [5, 5.41) is 7.79. The van der Waals surface area contributed by atoms with Crippen molar-refractivity contribution in [2.75, 3.05) is 11.1 Å². The Balaban J connectivity index is 1.43. The smallest absolute Gasteiger partial charge is 0.246 e. The van der Waals surface area contributed by atoms with Gasteiger partial charge in [0.25, 0.3) is 0 Å². The third-order valence-electron chi connectivity index (χ3n) is 5.07. The van der Waals surface area contributed by atoms with E-state index in [0.29, 0.717) is 28.2 Å². The molecule has 168 valence electrons. The van der Waals surface area contributed by atoms with E-state index in [-0.39, 0.29) is 18.3 Å². The number of nitrogen functional groups attached to an aromatic ring is 1. The minimum absolute atomic E-state index is 0.140. The molecule has 2 heterocycles. The molecule has 5 rings (SSSR count). The van der Waals surface area contributed by atoms with Crippen molar-refractivity contribution in [1.29, 1.82) is 0 Å². The molecular formula is C25H19FN6O2. The van der Waals surface area contributed by atoms with Gasteiger partial charge in [-0.3, -0.25) is 4.79 Å². The Morgan fingerprint density at radius 1 is 0.971 bits per heavy atom. The monoisotopic (exact) mass is 454 g/mol. The molecule has 0 atom stereocenters. The summed E-state index contributed by atoms with van der Waals surface area (Å²) in [4.78, 5) is 21.0. The molecule has 5 aromatic rings. The number of nitrogens with one attached hydrogen (secondary N) is 1. The van der Waals surface area contributed by atoms with Crippen molar-refractivity contribution in [3.63, 3.8) is 0 Å². The van der Waals surface area contributed by atoms with Crippen LogP contribution in [0.25, 0.3) is 22.3 Å². The van der Waals surface area contributed by atoms with Crippen LogP contribution in [0.15, 0.2) is 85.2 Å². The third kappa shape index (κ3) is 4.40. The number of carbonyl (C=O) groups is 1. The average molecular weight is 454 g/mol. The molecule has 0 radical (unpaired) electrons. The first-order valence-electron chi connectivity index (χ1n) is 10.4. The molecule has 0 aliphatic heterocycles. The van der Waals surface area contributed by atoms with Gasteiger partial charge >= 0.3 is 0 Å². The lowest BCUT2D eigenvalue weighted by molar-refractivity contribution is -0.116. The Labute approximate surface area is 193 Å². The number of carbonyl (C=O) groups excluding carboxylic acids is 1. The molecule has 8 nitrogen and oxygen atoms in total. The summed E-state index contributed by atoms with van der Waals surface area (Å²) in [5.74, 6) is 0.820. The minimum Gasteiger partial charge on any atom is -0.457 e. The number of ether oxygens (including phenoxy) is 1. The normalized spacial score (nSPS) is 10.9. The Morgan fingerprint density at radius 2 is 1.74 bits per heavy atom. The van der Waals surface area contributed by atoms with E-state index in [1.165, 1.54) is 29.2 Å². The number of anilines is 2. The number of aromatic nitrogens is 4. The number of hydrogen-bond donors (Lipinski definition) is 2. The molecule has 2 aromatic heterocycles. The molecule has 3 aromatic carbocycles. The van der Waals surface area contributed by atoms with E-state index in [4.69, 9.17) is 10.5 Å². The molecule has 0 aliphatic carbocycles. The van der Waals surface area contributed by atoms with E-state index >= 15 is 0 Å². The fourth-order valence-electron chi connectivity index (χ4n) is 3.55. The maximum Gasteiger partial charge on any atom is 0.246 e. The molecule has 9 heteroatoms. The number of benzene rings is 3. The molecule has 0 saturated carbocycles. The van der Waals surface area contributed by atoms with Gasteiger partial charge in [0.15, 0.2) is 5.65 Å². The van der Waals surface area contributed by atoms with E-state index in [9.17, 15) is 9.18 Å². The van der Waals surface area contributed by atoms with Crippen LogP contribution in [-0.4, -0.2) is 25.7 Å². The highest BCUT2D eigenvalue weighted by Crippen LogP contribution is 2.32. The zero-order valence-electron chi connectivity index (χ0n) is 17.9. The lowest BCUT2D eigenvalue weighted by Gasteiger charge is -2.06. The number of nitrogens with zero attached hydrogens (tertiary/aromatic N) is 4. The summed E-state index contributed by atoms with van der Waals surface area (Å²) < 4.78 is 20.7. The van der Waals surface area contributed by atoms with Crippen molar-refractivity contribution in [2.45, 2.75) is 6.54 Å². The van der Waals surface area contributed by atoms with Crippen LogP contribution < -0.4 is 15.8 Å². The number of rotatable bonds is 6. The van der Waals surface area contributed by atoms with Crippen molar-refractivity contribution in [3.8, 4) is 22.8 Å². The SMILES string of the molecule is Nc1ncnc2c1c(-c1ccc(Oc3ccccc3)cc1)nn2CC(=O)Nc1cccc(F)c1. The zero-order valence-corrected chi connectivity index (χ0v) is 17.9. The average Bonchev–Trinajstić information content (AvgIpc) is 3.20. The predicted octanol–water partition coefficient (Wildman–Crippen LogP) is 4.65. The fraction of sp³-hybridized carbons (Fsp3) is 0.0400. The molecule has 3 N–H and O–H groups in total. The summed E-state index contributed by atoms with van der Waals surface area (Å²) in [6.07, 6.45) is 1.32. The first-order valence-corrected chi connectivity index (χ1v) is 10.4. The quantitative estimate of drug-likeness (QED) is 0.387. The molecular weight excluding hydrogens is 435 g/mol. The second-order valence-corrected chi connectivity index (χ2v) is 7.46. The molecule has 1 amide bonds. The van der Waals surface area contributed by atoms with Crippen molar-refractivity contribution in [3.05, 3.63) is 91.0 Å². The second kappa shape index (κ2) is 8.99. The van der Waals surface area contributed by atoms with Crippen molar-refractivity contribution in [2.24, 2.45) is 0 Å². The molecule has 0 fully saturated rings. The van der Waals surface area contributed by atoms with E-state index in [1.54, 1.807) is 6.07 Å². The Kier molecular flexibility index (Phi) is 5.57. The standard InChI is InChI=1S/C25H19FN6O2/c26-17-5-4-6-18(13-17)30-21(33)14-32-25-22(24(27)28-15-29-25)23(31-32)16-9-11-20(12-10-16)34-19-7-2-1-3-8-19/h1-13,15H,14H2,(H,30,33)(H2,27,28,29). The van der Waals surface area contributed by atoms with Crippen molar-refractivity contribution < 1.29 is 13.9 Å². The number of amides is 1. The Morgan fingerprint density at radius 3 is 2.50 bits per heavy atom. The van der Waals surface area contributed by atoms with E-state index in [1.807, 2.05) is 54.6 Å². The summed E-state index contributed by atoms with van der Waals surface area (Å²) in [7, 11) is 0. The van der Waals surface area contributed by atoms with E-state index in [0.717, 1.165) is 11.3 Å². The third-order valence-corrected chi connectivity index (χ3v) is 5.07. The number of para-hydroxylation sites is 1. The second-order valence-electron chi connectivity index (χ2n) is 7.46. The lowest BCUT2D eigenvalue weighted by atomic mass is 10.1. The number of halogens is 1. The Bertz CT molecular complexity index is 1470. The number of fused-ring (bicyclic) bond motifs is 1. The van der Waals surface area contributed by atoms with E-state index < -0.39 is 5.82 Å². The molecule has 34 heavy (non-hydrogen) atoms. The van der Waals surface area contributed by atoms with Gasteiger partial charge in [0.05, 0.1) is 5.39 Å². The van der Waals surface area contributed by atoms with Crippen LogP contribution in [0.4, 0.5) is 15.9 Å². The van der Waals surface area contributed by atoms with Crippen LogP contribution in [0.1, 0.15) is 0 Å². The highest BCUT2D eigenvalue weighted by molar-refractivity contribution is 5.99. The first kappa shape index (κ1) is 21.1.